The average molecular weight is 246 g/mol. The van der Waals surface area contributed by atoms with E-state index in [0.29, 0.717) is 0 Å². The van der Waals surface area contributed by atoms with E-state index < -0.39 is 0 Å². The van der Waals surface area contributed by atoms with Gasteiger partial charge in [0, 0.05) is 19.6 Å². The van der Waals surface area contributed by atoms with Crippen molar-refractivity contribution in [3.8, 4) is 0 Å². The van der Waals surface area contributed by atoms with Crippen LogP contribution in [0.25, 0.3) is 0 Å². The number of nitrogens with one attached hydrogen (secondary N) is 1. The van der Waals surface area contributed by atoms with Crippen LogP contribution in [0.15, 0.2) is 24.3 Å². The molecule has 1 atom stereocenters. The number of hydrogen-bond acceptors (Lipinski definition) is 3. The third-order valence-corrected chi connectivity index (χ3v) is 3.92. The smallest absolute Gasteiger partial charge is 0.0953 e. The number of benzene rings is 1. The van der Waals surface area contributed by atoms with E-state index in [1.54, 1.807) is 0 Å². The molecule has 0 aromatic heterocycles. The summed E-state index contributed by atoms with van der Waals surface area (Å²) in [5, 5.41) is 3.42. The number of rotatable bonds is 3. The van der Waals surface area contributed by atoms with Gasteiger partial charge in [-0.3, -0.25) is 4.90 Å². The molecule has 0 saturated carbocycles. The number of likely N-dealkylation sites (tertiary alicyclic amines) is 1. The van der Waals surface area contributed by atoms with Gasteiger partial charge in [-0.1, -0.05) is 24.3 Å². The van der Waals surface area contributed by atoms with Gasteiger partial charge in [-0.2, -0.15) is 0 Å². The summed E-state index contributed by atoms with van der Waals surface area (Å²) in [6, 6.07) is 8.75. The van der Waals surface area contributed by atoms with Crippen molar-refractivity contribution in [1.29, 1.82) is 0 Å². The first-order valence-corrected chi connectivity index (χ1v) is 7.06. The number of hydrogen-bond donors (Lipinski definition) is 1. The van der Waals surface area contributed by atoms with Crippen LogP contribution >= 0.6 is 0 Å². The van der Waals surface area contributed by atoms with Crippen LogP contribution in [0.2, 0.25) is 0 Å². The summed E-state index contributed by atoms with van der Waals surface area (Å²) in [5.74, 6) is 0. The molecule has 1 unspecified atom stereocenters. The first kappa shape index (κ1) is 12.2. The summed E-state index contributed by atoms with van der Waals surface area (Å²) >= 11 is 0. The van der Waals surface area contributed by atoms with E-state index in [9.17, 15) is 0 Å². The molecule has 0 spiro atoms. The summed E-state index contributed by atoms with van der Waals surface area (Å²) in [4.78, 5) is 2.55. The van der Waals surface area contributed by atoms with Gasteiger partial charge in [-0.25, -0.2) is 0 Å². The number of ether oxygens (including phenoxy) is 1. The molecule has 2 aliphatic rings. The van der Waals surface area contributed by atoms with E-state index in [2.05, 4.69) is 34.5 Å². The maximum Gasteiger partial charge on any atom is 0.0953 e. The Balaban J connectivity index is 1.75. The fourth-order valence-corrected chi connectivity index (χ4v) is 2.94. The lowest BCUT2D eigenvalue weighted by molar-refractivity contribution is 0.0268. The summed E-state index contributed by atoms with van der Waals surface area (Å²) in [6.07, 6.45) is 2.94. The normalized spacial score (nSPS) is 25.4. The molecule has 1 aromatic carbocycles. The van der Waals surface area contributed by atoms with Gasteiger partial charge in [-0.15, -0.1) is 0 Å². The van der Waals surface area contributed by atoms with Crippen LogP contribution in [0.5, 0.6) is 0 Å². The van der Waals surface area contributed by atoms with Gasteiger partial charge in [0.1, 0.15) is 0 Å². The molecule has 0 amide bonds. The summed E-state index contributed by atoms with van der Waals surface area (Å²) in [6.45, 7) is 6.32. The molecule has 2 fully saturated rings. The van der Waals surface area contributed by atoms with Crippen molar-refractivity contribution in [3.63, 3.8) is 0 Å². The highest BCUT2D eigenvalue weighted by Crippen LogP contribution is 2.24. The zero-order valence-corrected chi connectivity index (χ0v) is 10.9. The Kier molecular flexibility index (Phi) is 3.93. The first-order chi connectivity index (χ1) is 8.93. The molecule has 1 aromatic rings. The second kappa shape index (κ2) is 5.83. The molecular weight excluding hydrogens is 224 g/mol. The van der Waals surface area contributed by atoms with E-state index in [1.807, 2.05) is 0 Å². The predicted molar refractivity (Wildman–Crippen MR) is 72.5 cm³/mol. The minimum atomic E-state index is 0.234. The van der Waals surface area contributed by atoms with Crippen LogP contribution in [-0.2, 0) is 11.3 Å². The van der Waals surface area contributed by atoms with Crippen LogP contribution in [0.4, 0.5) is 0 Å². The summed E-state index contributed by atoms with van der Waals surface area (Å²) < 4.78 is 5.89. The number of morpholine rings is 1. The van der Waals surface area contributed by atoms with Gasteiger partial charge in [0.2, 0.25) is 0 Å². The predicted octanol–water partition coefficient (Wildman–Crippen LogP) is 1.94. The Morgan fingerprint density at radius 3 is 2.83 bits per heavy atom. The highest BCUT2D eigenvalue weighted by molar-refractivity contribution is 5.29. The third kappa shape index (κ3) is 2.74. The molecule has 2 heterocycles. The molecule has 1 N–H and O–H groups in total. The van der Waals surface area contributed by atoms with Crippen LogP contribution in [0.1, 0.15) is 30.1 Å². The van der Waals surface area contributed by atoms with Gasteiger partial charge in [0.25, 0.3) is 0 Å². The molecule has 18 heavy (non-hydrogen) atoms. The maximum atomic E-state index is 5.89. The Hall–Kier alpha value is -0.900. The minimum Gasteiger partial charge on any atom is -0.371 e. The maximum absolute atomic E-state index is 5.89. The lowest BCUT2D eigenvalue weighted by Crippen LogP contribution is -2.34. The highest BCUT2D eigenvalue weighted by atomic mass is 16.5. The monoisotopic (exact) mass is 246 g/mol. The lowest BCUT2D eigenvalue weighted by Gasteiger charge is -2.27. The molecule has 2 saturated heterocycles. The topological polar surface area (TPSA) is 24.5 Å². The van der Waals surface area contributed by atoms with Crippen molar-refractivity contribution in [2.24, 2.45) is 0 Å². The quantitative estimate of drug-likeness (QED) is 0.882. The van der Waals surface area contributed by atoms with Gasteiger partial charge in [0.05, 0.1) is 12.7 Å². The van der Waals surface area contributed by atoms with E-state index in [1.165, 1.54) is 37.1 Å². The van der Waals surface area contributed by atoms with Crippen LogP contribution < -0.4 is 5.32 Å². The van der Waals surface area contributed by atoms with Gasteiger partial charge >= 0.3 is 0 Å². The minimum absolute atomic E-state index is 0.234. The lowest BCUT2D eigenvalue weighted by atomic mass is 10.0. The second-order valence-electron chi connectivity index (χ2n) is 5.25. The fraction of sp³-hybridized carbons (Fsp3) is 0.600. The fourth-order valence-electron chi connectivity index (χ4n) is 2.94. The van der Waals surface area contributed by atoms with Crippen LogP contribution in [-0.4, -0.2) is 37.7 Å². The highest BCUT2D eigenvalue weighted by Gasteiger charge is 2.20. The van der Waals surface area contributed by atoms with E-state index >= 15 is 0 Å². The average Bonchev–Trinajstić information content (AvgIpc) is 2.93. The molecule has 0 radical (unpaired) electrons. The summed E-state index contributed by atoms with van der Waals surface area (Å²) in [5.41, 5.74) is 2.81. The molecular formula is C15H22N2O. The van der Waals surface area contributed by atoms with Gasteiger partial charge in [-0.05, 0) is 37.1 Å². The van der Waals surface area contributed by atoms with E-state index in [-0.39, 0.29) is 6.10 Å². The Morgan fingerprint density at radius 2 is 2.06 bits per heavy atom. The van der Waals surface area contributed by atoms with Gasteiger partial charge in [0.15, 0.2) is 0 Å². The molecule has 0 bridgehead atoms. The summed E-state index contributed by atoms with van der Waals surface area (Å²) in [7, 11) is 0. The standard InChI is InChI=1S/C15H22N2O/c1-2-6-14(15-11-16-7-10-18-15)13(5-1)12-17-8-3-4-9-17/h1-2,5-6,15-16H,3-4,7-12H2. The van der Waals surface area contributed by atoms with Crippen LogP contribution in [0, 0.1) is 0 Å². The second-order valence-corrected chi connectivity index (χ2v) is 5.25. The van der Waals surface area contributed by atoms with Crippen molar-refractivity contribution < 1.29 is 4.74 Å². The molecule has 0 aliphatic carbocycles. The Labute approximate surface area is 109 Å². The molecule has 3 rings (SSSR count). The van der Waals surface area contributed by atoms with Crippen molar-refractivity contribution >= 4 is 0 Å². The molecule has 3 heteroatoms. The zero-order valence-electron chi connectivity index (χ0n) is 10.9. The largest absolute Gasteiger partial charge is 0.371 e. The molecule has 98 valence electrons. The number of nitrogens with zero attached hydrogens (tertiary/aromatic N) is 1. The van der Waals surface area contributed by atoms with Gasteiger partial charge < -0.3 is 10.1 Å². The van der Waals surface area contributed by atoms with Crippen LogP contribution in [0.3, 0.4) is 0 Å². The van der Waals surface area contributed by atoms with E-state index in [0.717, 1.165) is 26.2 Å². The van der Waals surface area contributed by atoms with Crippen molar-refractivity contribution in [3.05, 3.63) is 35.4 Å². The molecule has 2 aliphatic heterocycles. The molecule has 3 nitrogen and oxygen atoms in total. The zero-order chi connectivity index (χ0) is 12.2. The van der Waals surface area contributed by atoms with Crippen molar-refractivity contribution in [1.82, 2.24) is 10.2 Å². The first-order valence-electron chi connectivity index (χ1n) is 7.06. The Morgan fingerprint density at radius 1 is 1.22 bits per heavy atom. The van der Waals surface area contributed by atoms with Crippen molar-refractivity contribution in [2.45, 2.75) is 25.5 Å². The Bertz CT molecular complexity index is 382. The SMILES string of the molecule is c1ccc(C2CNCCO2)c(CN2CCCC2)c1. The third-order valence-electron chi connectivity index (χ3n) is 3.92. The van der Waals surface area contributed by atoms with E-state index in [4.69, 9.17) is 4.74 Å². The van der Waals surface area contributed by atoms with Crippen molar-refractivity contribution in [2.75, 3.05) is 32.8 Å².